The van der Waals surface area contributed by atoms with Gasteiger partial charge in [-0.2, -0.15) is 5.26 Å². The average Bonchev–Trinajstić information content (AvgIpc) is 3.32. The largest absolute Gasteiger partial charge is 0.489 e. The topological polar surface area (TPSA) is 105 Å². The van der Waals surface area contributed by atoms with Gasteiger partial charge in [-0.25, -0.2) is 19.9 Å². The van der Waals surface area contributed by atoms with Crippen molar-refractivity contribution in [1.82, 2.24) is 29.4 Å². The Balaban J connectivity index is 1.09. The molecule has 0 saturated carbocycles. The van der Waals surface area contributed by atoms with E-state index < -0.39 is 0 Å². The lowest BCUT2D eigenvalue weighted by molar-refractivity contribution is 0.211. The van der Waals surface area contributed by atoms with Gasteiger partial charge in [-0.1, -0.05) is 54.6 Å². The number of anilines is 1. The van der Waals surface area contributed by atoms with Gasteiger partial charge in [0.25, 0.3) is 0 Å². The van der Waals surface area contributed by atoms with Crippen LogP contribution < -0.4 is 10.1 Å². The Morgan fingerprint density at radius 2 is 1.67 bits per heavy atom. The number of fused-ring (bicyclic) bond motifs is 3. The van der Waals surface area contributed by atoms with Crippen molar-refractivity contribution < 1.29 is 4.74 Å². The van der Waals surface area contributed by atoms with Crippen molar-refractivity contribution in [3.05, 3.63) is 96.6 Å². The molecule has 0 unspecified atom stereocenters. The van der Waals surface area contributed by atoms with Crippen molar-refractivity contribution in [2.24, 2.45) is 0 Å². The summed E-state index contributed by atoms with van der Waals surface area (Å²) >= 11 is 0. The van der Waals surface area contributed by atoms with E-state index in [9.17, 15) is 0 Å². The van der Waals surface area contributed by atoms with Crippen LogP contribution >= 0.6 is 0 Å². The second-order valence-corrected chi connectivity index (χ2v) is 10.6. The third-order valence-corrected chi connectivity index (χ3v) is 7.90. The number of imidazole rings is 1. The number of rotatable bonds is 6. The molecule has 0 bridgehead atoms. The Morgan fingerprint density at radius 1 is 0.833 bits per heavy atom. The molecule has 42 heavy (non-hydrogen) atoms. The molecule has 2 aliphatic rings. The Labute approximate surface area is 244 Å². The van der Waals surface area contributed by atoms with Gasteiger partial charge in [0.15, 0.2) is 5.82 Å². The molecule has 0 radical (unpaired) electrons. The van der Waals surface area contributed by atoms with E-state index >= 15 is 0 Å². The van der Waals surface area contributed by atoms with Gasteiger partial charge in [0, 0.05) is 49.2 Å². The molecule has 2 aromatic carbocycles. The summed E-state index contributed by atoms with van der Waals surface area (Å²) in [7, 11) is 0. The number of likely N-dealkylation sites (tertiary alicyclic amines) is 1. The van der Waals surface area contributed by atoms with Crippen molar-refractivity contribution in [1.29, 1.82) is 5.26 Å². The smallest absolute Gasteiger partial charge is 0.234 e. The number of piperidine rings is 1. The van der Waals surface area contributed by atoms with Gasteiger partial charge in [0.2, 0.25) is 5.82 Å². The molecule has 0 atom stereocenters. The molecule has 0 aliphatic carbocycles. The molecule has 1 saturated heterocycles. The summed E-state index contributed by atoms with van der Waals surface area (Å²) in [4.78, 5) is 20.5. The standard InChI is InChI=1S/C33H30N8O/c34-21-29-35-16-12-28(38-29)37-26-13-17-40(18-14-26)22-23-8-10-24(11-9-23)30-32(25-5-2-1-3-6-25)41-19-20-42-27-7-4-15-36-31(27)33(41)39-30/h1-12,15-16,26H,13-14,17-20,22H2,(H,35,37,38). The molecule has 0 amide bonds. The summed E-state index contributed by atoms with van der Waals surface area (Å²) in [5.41, 5.74) is 6.30. The van der Waals surface area contributed by atoms with Crippen LogP contribution in [0.3, 0.4) is 0 Å². The van der Waals surface area contributed by atoms with Crippen LogP contribution in [-0.4, -0.2) is 55.1 Å². The summed E-state index contributed by atoms with van der Waals surface area (Å²) in [5, 5.41) is 12.5. The predicted molar refractivity (Wildman–Crippen MR) is 160 cm³/mol. The molecule has 9 heteroatoms. The highest BCUT2D eigenvalue weighted by Gasteiger charge is 2.26. The normalized spacial score (nSPS) is 15.1. The predicted octanol–water partition coefficient (Wildman–Crippen LogP) is 5.41. The van der Waals surface area contributed by atoms with Gasteiger partial charge in [-0.05, 0) is 36.6 Å². The van der Waals surface area contributed by atoms with Crippen LogP contribution in [0.15, 0.2) is 85.2 Å². The van der Waals surface area contributed by atoms with E-state index in [1.54, 1.807) is 12.4 Å². The monoisotopic (exact) mass is 554 g/mol. The van der Waals surface area contributed by atoms with Crippen LogP contribution in [0.5, 0.6) is 5.75 Å². The zero-order valence-electron chi connectivity index (χ0n) is 23.1. The van der Waals surface area contributed by atoms with Crippen LogP contribution in [0.1, 0.15) is 24.2 Å². The number of ether oxygens (including phenoxy) is 1. The molecule has 7 rings (SSSR count). The SMILES string of the molecule is N#Cc1nccc(NC2CCN(Cc3ccc(-c4nc5n(c4-c4ccccc4)CCOc4cccnc4-5)cc3)CC2)n1. The molecule has 1 N–H and O–H groups in total. The van der Waals surface area contributed by atoms with Crippen molar-refractivity contribution in [3.8, 4) is 45.9 Å². The van der Waals surface area contributed by atoms with Crippen LogP contribution in [-0.2, 0) is 13.1 Å². The van der Waals surface area contributed by atoms with Crippen molar-refractivity contribution >= 4 is 5.82 Å². The van der Waals surface area contributed by atoms with E-state index in [4.69, 9.17) is 15.0 Å². The molecule has 1 fully saturated rings. The zero-order chi connectivity index (χ0) is 28.3. The number of aromatic nitrogens is 5. The molecule has 3 aromatic heterocycles. The maximum atomic E-state index is 9.05. The fourth-order valence-corrected chi connectivity index (χ4v) is 5.83. The first-order valence-electron chi connectivity index (χ1n) is 14.3. The summed E-state index contributed by atoms with van der Waals surface area (Å²) in [6, 6.07) is 27.3. The van der Waals surface area contributed by atoms with E-state index in [2.05, 4.69) is 78.3 Å². The van der Waals surface area contributed by atoms with Gasteiger partial charge in [0.1, 0.15) is 29.9 Å². The second kappa shape index (κ2) is 11.4. The molecule has 208 valence electrons. The number of benzene rings is 2. The second-order valence-electron chi connectivity index (χ2n) is 10.6. The van der Waals surface area contributed by atoms with Gasteiger partial charge in [0.05, 0.1) is 17.9 Å². The number of hydrogen-bond acceptors (Lipinski definition) is 8. The van der Waals surface area contributed by atoms with Crippen molar-refractivity contribution in [2.45, 2.75) is 32.0 Å². The van der Waals surface area contributed by atoms with Gasteiger partial charge in [-0.3, -0.25) is 4.90 Å². The minimum atomic E-state index is 0.193. The van der Waals surface area contributed by atoms with E-state index in [1.165, 1.54) is 5.56 Å². The van der Waals surface area contributed by atoms with Gasteiger partial charge < -0.3 is 14.6 Å². The van der Waals surface area contributed by atoms with Crippen molar-refractivity contribution in [2.75, 3.05) is 25.0 Å². The Kier molecular flexibility index (Phi) is 7.04. The molecule has 9 nitrogen and oxygen atoms in total. The number of nitrogens with one attached hydrogen (secondary N) is 1. The minimum absolute atomic E-state index is 0.193. The summed E-state index contributed by atoms with van der Waals surface area (Å²) in [6.45, 7) is 4.15. The number of pyridine rings is 1. The van der Waals surface area contributed by atoms with Crippen LogP contribution in [0.25, 0.3) is 34.0 Å². The highest BCUT2D eigenvalue weighted by Crippen LogP contribution is 2.39. The van der Waals surface area contributed by atoms with Crippen LogP contribution in [0.2, 0.25) is 0 Å². The van der Waals surface area contributed by atoms with Gasteiger partial charge in [-0.15, -0.1) is 0 Å². The number of nitrogens with zero attached hydrogens (tertiary/aromatic N) is 7. The molecule has 5 aromatic rings. The van der Waals surface area contributed by atoms with E-state index in [-0.39, 0.29) is 5.82 Å². The maximum Gasteiger partial charge on any atom is 0.234 e. The highest BCUT2D eigenvalue weighted by molar-refractivity contribution is 5.82. The molecule has 2 aliphatic heterocycles. The number of hydrogen-bond donors (Lipinski definition) is 1. The average molecular weight is 555 g/mol. The Bertz CT molecular complexity index is 1730. The van der Waals surface area contributed by atoms with Crippen LogP contribution in [0, 0.1) is 11.3 Å². The van der Waals surface area contributed by atoms with Crippen molar-refractivity contribution in [3.63, 3.8) is 0 Å². The fraction of sp³-hybridized carbons (Fsp3) is 0.242. The first-order chi connectivity index (χ1) is 20.7. The summed E-state index contributed by atoms with van der Waals surface area (Å²) in [6.07, 6.45) is 5.45. The lowest BCUT2D eigenvalue weighted by Crippen LogP contribution is -2.38. The summed E-state index contributed by atoms with van der Waals surface area (Å²) < 4.78 is 8.26. The van der Waals surface area contributed by atoms with E-state index in [1.807, 2.05) is 30.3 Å². The lowest BCUT2D eigenvalue weighted by atomic mass is 10.0. The number of nitriles is 1. The van der Waals surface area contributed by atoms with Gasteiger partial charge >= 0.3 is 0 Å². The zero-order valence-corrected chi connectivity index (χ0v) is 23.1. The summed E-state index contributed by atoms with van der Waals surface area (Å²) in [5.74, 6) is 2.52. The maximum absolute atomic E-state index is 9.05. The molecule has 5 heterocycles. The highest BCUT2D eigenvalue weighted by atomic mass is 16.5. The fourth-order valence-electron chi connectivity index (χ4n) is 5.83. The van der Waals surface area contributed by atoms with E-state index in [0.29, 0.717) is 25.0 Å². The first-order valence-corrected chi connectivity index (χ1v) is 14.3. The molecular weight excluding hydrogens is 524 g/mol. The minimum Gasteiger partial charge on any atom is -0.489 e. The Morgan fingerprint density at radius 3 is 2.48 bits per heavy atom. The first kappa shape index (κ1) is 25.9. The van der Waals surface area contributed by atoms with E-state index in [0.717, 1.165) is 72.3 Å². The molecular formula is C33H30N8O. The van der Waals surface area contributed by atoms with Crippen LogP contribution in [0.4, 0.5) is 5.82 Å². The third-order valence-electron chi connectivity index (χ3n) is 7.90. The molecule has 0 spiro atoms. The quantitative estimate of drug-likeness (QED) is 0.297. The lowest BCUT2D eigenvalue weighted by Gasteiger charge is -2.32. The Hall–Kier alpha value is -5.07. The third kappa shape index (κ3) is 5.20.